The van der Waals surface area contributed by atoms with Crippen LogP contribution in [0.1, 0.15) is 99.4 Å². The molecule has 25 nitrogen and oxygen atoms in total. The molecule has 28 heteroatoms. The van der Waals surface area contributed by atoms with Crippen LogP contribution in [0.5, 0.6) is 5.75 Å². The fourth-order valence-electron chi connectivity index (χ4n) is 11.3. The number of aromatic nitrogens is 1. The first-order valence-corrected chi connectivity index (χ1v) is 33.1. The standard InChI is InChI=1S/C65H90F2IN11O14/c1-2-52-40-65(66,67)44-79(52)61(85)41-72-63(88)54-19-24-69-56-18-17-53(39-55(54)56)93-36-7-5-9-50-20-26-78(27-21-50)60(84)12-4-3-6-23-71-64(89)57(22-37-90-38-25-70-58(82)11-8-10-49-13-15-51(68)16-14-49)73-59(83)42-74-28-29-75(43-62(86)87)31-33-77(46-92-48-81)35-34-76(32-30-74)45-91-47-80/h1,13-19,24,39,47-48,50,52,57H,3-12,20-23,25-38,40-46H2,(H,70,82)(H,71,89)(H,72,88)(H,73,83)(H,86,87)/t52-,57-/m0/s1. The molecule has 3 aromatic rings. The fourth-order valence-corrected chi connectivity index (χ4v) is 11.7. The SMILES string of the molecule is C#C[C@H]1CC(F)(F)CN1C(=O)CNC(=O)c1ccnc2ccc(OCCCCC3CCN(C(=O)CCCCCNC(=O)[C@H](CCOCCNC(=O)CCCc4ccc(I)cc4)NC(=O)CN4CCN(COC=O)CCN(COC=O)CCN(CC(=O)O)CC4)CC3)cc12. The maximum absolute atomic E-state index is 14.0. The quantitative estimate of drug-likeness (QED) is 0.0239. The van der Waals surface area contributed by atoms with E-state index in [1.54, 1.807) is 23.1 Å². The van der Waals surface area contributed by atoms with Gasteiger partial charge in [-0.05, 0) is 128 Å². The highest BCUT2D eigenvalue weighted by molar-refractivity contribution is 14.1. The predicted molar refractivity (Wildman–Crippen MR) is 348 cm³/mol. The van der Waals surface area contributed by atoms with Crippen molar-refractivity contribution in [2.75, 3.05) is 138 Å². The average molecular weight is 1410 g/mol. The van der Waals surface area contributed by atoms with Gasteiger partial charge in [-0.3, -0.25) is 67.7 Å². The van der Waals surface area contributed by atoms with Crippen LogP contribution in [0.15, 0.2) is 54.7 Å². The van der Waals surface area contributed by atoms with Gasteiger partial charge in [0.1, 0.15) is 25.3 Å². The summed E-state index contributed by atoms with van der Waals surface area (Å²) in [6.45, 7) is 4.41. The summed E-state index contributed by atoms with van der Waals surface area (Å²) in [5.41, 5.74) is 1.95. The lowest BCUT2D eigenvalue weighted by molar-refractivity contribution is -0.139. The zero-order valence-electron chi connectivity index (χ0n) is 52.9. The molecule has 0 aliphatic carbocycles. The normalized spacial score (nSPS) is 17.4. The molecular weight excluding hydrogens is 1320 g/mol. The molecule has 510 valence electrons. The molecule has 3 aliphatic heterocycles. The Hall–Kier alpha value is -7.17. The molecule has 0 spiro atoms. The lowest BCUT2D eigenvalue weighted by Gasteiger charge is -2.33. The number of carbonyl (C=O) groups excluding carboxylic acids is 8. The highest BCUT2D eigenvalue weighted by Crippen LogP contribution is 2.32. The van der Waals surface area contributed by atoms with Crippen molar-refractivity contribution in [1.29, 1.82) is 0 Å². The highest BCUT2D eigenvalue weighted by atomic mass is 127. The minimum Gasteiger partial charge on any atom is -0.494 e. The van der Waals surface area contributed by atoms with Gasteiger partial charge >= 0.3 is 5.97 Å². The number of carboxylic acids is 1. The van der Waals surface area contributed by atoms with Crippen LogP contribution < -0.4 is 26.0 Å². The first-order valence-electron chi connectivity index (χ1n) is 32.0. The number of likely N-dealkylation sites (tertiary alicyclic amines) is 2. The van der Waals surface area contributed by atoms with E-state index < -0.39 is 67.1 Å². The molecule has 6 amide bonds. The number of rotatable bonds is 37. The van der Waals surface area contributed by atoms with Crippen molar-refractivity contribution in [1.82, 2.24) is 55.7 Å². The van der Waals surface area contributed by atoms with Crippen molar-refractivity contribution in [3.8, 4) is 18.1 Å². The van der Waals surface area contributed by atoms with Crippen LogP contribution in [-0.2, 0) is 59.0 Å². The number of nitrogens with one attached hydrogen (secondary N) is 4. The zero-order chi connectivity index (χ0) is 66.8. The van der Waals surface area contributed by atoms with E-state index in [1.165, 1.54) is 12.3 Å². The molecule has 1 aromatic heterocycles. The second kappa shape index (κ2) is 40.8. The topological polar surface area (TPSA) is 291 Å². The van der Waals surface area contributed by atoms with Gasteiger partial charge in [0.25, 0.3) is 24.8 Å². The van der Waals surface area contributed by atoms with E-state index in [1.807, 2.05) is 31.7 Å². The van der Waals surface area contributed by atoms with Gasteiger partial charge in [0, 0.05) is 120 Å². The van der Waals surface area contributed by atoms with Gasteiger partial charge in [0.15, 0.2) is 0 Å². The van der Waals surface area contributed by atoms with E-state index >= 15 is 0 Å². The number of pyridine rings is 1. The molecule has 5 N–H and O–H groups in total. The van der Waals surface area contributed by atoms with Gasteiger partial charge in [-0.25, -0.2) is 8.78 Å². The van der Waals surface area contributed by atoms with Crippen LogP contribution in [0.25, 0.3) is 10.9 Å². The van der Waals surface area contributed by atoms with Crippen molar-refractivity contribution in [3.63, 3.8) is 0 Å². The highest BCUT2D eigenvalue weighted by Gasteiger charge is 2.46. The molecule has 0 radical (unpaired) electrons. The summed E-state index contributed by atoms with van der Waals surface area (Å²) in [5.74, 6) is -2.98. The number of ether oxygens (including phenoxy) is 4. The Balaban J connectivity index is 0.904. The van der Waals surface area contributed by atoms with Crippen molar-refractivity contribution in [2.24, 2.45) is 5.92 Å². The van der Waals surface area contributed by atoms with Gasteiger partial charge in [-0.15, -0.1) is 6.42 Å². The number of alkyl halides is 2. The molecule has 0 bridgehead atoms. The molecule has 93 heavy (non-hydrogen) atoms. The van der Waals surface area contributed by atoms with E-state index in [4.69, 9.17) is 25.4 Å². The summed E-state index contributed by atoms with van der Waals surface area (Å²) >= 11 is 2.25. The maximum atomic E-state index is 14.0. The number of unbranched alkanes of at least 4 members (excludes halogenated alkanes) is 3. The lowest BCUT2D eigenvalue weighted by atomic mass is 9.91. The maximum Gasteiger partial charge on any atom is 0.317 e. The number of piperidine rings is 1. The number of carboxylic acid groups (broad SMARTS) is 1. The van der Waals surface area contributed by atoms with Crippen LogP contribution in [0, 0.1) is 21.8 Å². The van der Waals surface area contributed by atoms with Crippen LogP contribution in [0.4, 0.5) is 8.78 Å². The number of benzene rings is 2. The van der Waals surface area contributed by atoms with Gasteiger partial charge < -0.3 is 55.1 Å². The second-order valence-corrected chi connectivity index (χ2v) is 24.8. The Morgan fingerprint density at radius 3 is 2.08 bits per heavy atom. The van der Waals surface area contributed by atoms with Gasteiger partial charge in [-0.2, -0.15) is 0 Å². The number of terminal acetylenes is 1. The minimum atomic E-state index is -3.09. The van der Waals surface area contributed by atoms with E-state index in [0.717, 1.165) is 52.6 Å². The van der Waals surface area contributed by atoms with Gasteiger partial charge in [0.05, 0.1) is 56.5 Å². The third-order valence-electron chi connectivity index (χ3n) is 16.6. The molecule has 6 rings (SSSR count). The fraction of sp³-hybridized carbons (Fsp3) is 0.600. The van der Waals surface area contributed by atoms with Crippen molar-refractivity contribution >= 4 is 87.9 Å². The van der Waals surface area contributed by atoms with Crippen LogP contribution in [0.3, 0.4) is 0 Å². The summed E-state index contributed by atoms with van der Waals surface area (Å²) < 4.78 is 51.0. The van der Waals surface area contributed by atoms with E-state index in [-0.39, 0.29) is 83.2 Å². The number of nitrogens with zero attached hydrogens (tertiary/aromatic N) is 7. The summed E-state index contributed by atoms with van der Waals surface area (Å²) in [6, 6.07) is 12.9. The third-order valence-corrected chi connectivity index (χ3v) is 17.3. The van der Waals surface area contributed by atoms with Crippen LogP contribution in [0.2, 0.25) is 0 Å². The van der Waals surface area contributed by atoms with E-state index in [0.29, 0.717) is 140 Å². The van der Waals surface area contributed by atoms with Gasteiger partial charge in [-0.1, -0.05) is 30.9 Å². The Bertz CT molecular complexity index is 2940. The summed E-state index contributed by atoms with van der Waals surface area (Å²) in [4.78, 5) is 128. The first-order chi connectivity index (χ1) is 44.9. The monoisotopic (exact) mass is 1410 g/mol. The third kappa shape index (κ3) is 27.7. The van der Waals surface area contributed by atoms with Crippen molar-refractivity contribution in [3.05, 3.63) is 69.4 Å². The zero-order valence-corrected chi connectivity index (χ0v) is 55.1. The number of halogens is 3. The van der Waals surface area contributed by atoms with Crippen molar-refractivity contribution in [2.45, 2.75) is 108 Å². The molecule has 3 fully saturated rings. The average Bonchev–Trinajstić information content (AvgIpc) is 1.88. The minimum absolute atomic E-state index is 0.00735. The van der Waals surface area contributed by atoms with Crippen LogP contribution >= 0.6 is 22.6 Å². The number of carbonyl (C=O) groups is 9. The summed E-state index contributed by atoms with van der Waals surface area (Å²) in [5, 5.41) is 21.5. The largest absolute Gasteiger partial charge is 0.494 e. The molecule has 2 aromatic carbocycles. The summed E-state index contributed by atoms with van der Waals surface area (Å²) in [6.07, 6.45) is 15.0. The number of amides is 6. The number of hydrogen-bond acceptors (Lipinski definition) is 18. The molecular formula is C65H90F2IN11O14. The smallest absolute Gasteiger partial charge is 0.317 e. The Labute approximate surface area is 556 Å². The number of fused-ring (bicyclic) bond motifs is 1. The summed E-state index contributed by atoms with van der Waals surface area (Å²) in [7, 11) is 0. The molecule has 3 saturated heterocycles. The predicted octanol–water partition coefficient (Wildman–Crippen LogP) is 3.50. The van der Waals surface area contributed by atoms with Gasteiger partial charge in [0.2, 0.25) is 29.5 Å². The van der Waals surface area contributed by atoms with E-state index in [9.17, 15) is 57.0 Å². The lowest BCUT2D eigenvalue weighted by Crippen LogP contribution is -2.52. The van der Waals surface area contributed by atoms with Crippen molar-refractivity contribution < 1.29 is 76.0 Å². The van der Waals surface area contributed by atoms with E-state index in [2.05, 4.69) is 66.9 Å². The number of hydrogen-bond donors (Lipinski definition) is 5. The number of aryl methyl sites for hydroxylation is 1. The Morgan fingerprint density at radius 2 is 1.41 bits per heavy atom. The molecule has 0 unspecified atom stereocenters. The molecule has 0 saturated carbocycles. The number of aliphatic carboxylic acids is 1. The molecule has 2 atom stereocenters. The molecule has 4 heterocycles. The first kappa shape index (κ1) is 74.9. The Kier molecular flexibility index (Phi) is 32.9. The molecule has 3 aliphatic rings. The second-order valence-electron chi connectivity index (χ2n) is 23.6. The van der Waals surface area contributed by atoms with Crippen LogP contribution in [-0.4, -0.2) is 250 Å². The Morgan fingerprint density at radius 1 is 0.731 bits per heavy atom.